The lowest BCUT2D eigenvalue weighted by Gasteiger charge is -2.11. The van der Waals surface area contributed by atoms with Crippen LogP contribution in [0.3, 0.4) is 0 Å². The van der Waals surface area contributed by atoms with Crippen molar-refractivity contribution in [3.63, 3.8) is 0 Å². The van der Waals surface area contributed by atoms with Crippen molar-refractivity contribution in [2.75, 3.05) is 7.11 Å². The number of ether oxygens (including phenoxy) is 1. The van der Waals surface area contributed by atoms with Gasteiger partial charge in [-0.25, -0.2) is 0 Å². The van der Waals surface area contributed by atoms with Crippen molar-refractivity contribution in [3.05, 3.63) is 47.1 Å². The highest BCUT2D eigenvalue weighted by Gasteiger charge is 2.24. The molecule has 2 aromatic carbocycles. The summed E-state index contributed by atoms with van der Waals surface area (Å²) in [5.74, 6) is -0.123. The summed E-state index contributed by atoms with van der Waals surface area (Å²) in [5, 5.41) is 29.9. The van der Waals surface area contributed by atoms with Crippen molar-refractivity contribution in [2.24, 2.45) is 0 Å². The number of carbonyl (C=O) groups excluding carboxylic acids is 1. The van der Waals surface area contributed by atoms with Gasteiger partial charge in [-0.15, -0.1) is 0 Å². The van der Waals surface area contributed by atoms with Gasteiger partial charge in [0, 0.05) is 23.2 Å². The van der Waals surface area contributed by atoms with Crippen LogP contribution in [0.1, 0.15) is 24.3 Å². The molecule has 1 aromatic heterocycles. The third kappa shape index (κ3) is 3.75. The molecule has 0 saturated carbocycles. The largest absolute Gasteiger partial charge is 0.507 e. The molecule has 0 saturated heterocycles. The monoisotopic (exact) mass is 401 g/mol. The number of H-pyrrole nitrogens is 1. The van der Waals surface area contributed by atoms with Gasteiger partial charge >= 0.3 is 0 Å². The third-order valence-corrected chi connectivity index (χ3v) is 4.41. The molecule has 3 aromatic rings. The first kappa shape index (κ1) is 19.6. The minimum Gasteiger partial charge on any atom is -0.507 e. The Morgan fingerprint density at radius 2 is 1.86 bits per heavy atom. The summed E-state index contributed by atoms with van der Waals surface area (Å²) in [6, 6.07) is 9.58. The Morgan fingerprint density at radius 3 is 2.46 bits per heavy atom. The Balaban J connectivity index is 2.22. The second-order valence-electron chi connectivity index (χ2n) is 6.50. The van der Waals surface area contributed by atoms with E-state index < -0.39 is 0 Å². The van der Waals surface area contributed by atoms with Crippen molar-refractivity contribution in [2.45, 2.75) is 19.9 Å². The molecular weight excluding hydrogens is 382 g/mol. The number of hydrogen-bond donors (Lipinski definition) is 4. The zero-order valence-corrected chi connectivity index (χ0v) is 16.3. The van der Waals surface area contributed by atoms with E-state index in [9.17, 15) is 15.0 Å². The lowest BCUT2D eigenvalue weighted by Crippen LogP contribution is -2.30. The van der Waals surface area contributed by atoms with Crippen LogP contribution >= 0.6 is 11.6 Å². The van der Waals surface area contributed by atoms with Crippen molar-refractivity contribution >= 4 is 17.5 Å². The van der Waals surface area contributed by atoms with Crippen LogP contribution in [0.15, 0.2) is 36.4 Å². The number of carbonyl (C=O) groups is 1. The van der Waals surface area contributed by atoms with Gasteiger partial charge in [-0.2, -0.15) is 5.10 Å². The number of hydrogen-bond acceptors (Lipinski definition) is 5. The van der Waals surface area contributed by atoms with Gasteiger partial charge < -0.3 is 20.3 Å². The number of nitrogens with one attached hydrogen (secondary N) is 2. The molecule has 0 fully saturated rings. The number of amides is 1. The Bertz CT molecular complexity index is 1010. The summed E-state index contributed by atoms with van der Waals surface area (Å²) < 4.78 is 5.19. The van der Waals surface area contributed by atoms with E-state index in [1.807, 2.05) is 13.8 Å². The molecule has 0 atom stereocenters. The first-order valence-corrected chi connectivity index (χ1v) is 8.95. The van der Waals surface area contributed by atoms with E-state index >= 15 is 0 Å². The molecule has 4 N–H and O–H groups in total. The second-order valence-corrected chi connectivity index (χ2v) is 6.91. The Morgan fingerprint density at radius 1 is 1.18 bits per heavy atom. The Kier molecular flexibility index (Phi) is 5.46. The molecule has 28 heavy (non-hydrogen) atoms. The number of benzene rings is 2. The van der Waals surface area contributed by atoms with Gasteiger partial charge in [0.25, 0.3) is 5.91 Å². The van der Waals surface area contributed by atoms with E-state index in [-0.39, 0.29) is 39.7 Å². The SMILES string of the molecule is COc1ccc(-c2c(-c3cc(Cl)c(O)cc3O)n[nH]c2C(=O)NC(C)C)cc1. The maximum atomic E-state index is 12.7. The smallest absolute Gasteiger partial charge is 0.270 e. The van der Waals surface area contributed by atoms with Crippen LogP contribution in [0.2, 0.25) is 5.02 Å². The summed E-state index contributed by atoms with van der Waals surface area (Å²) in [4.78, 5) is 12.7. The average molecular weight is 402 g/mol. The van der Waals surface area contributed by atoms with E-state index in [0.717, 1.165) is 6.07 Å². The third-order valence-electron chi connectivity index (χ3n) is 4.11. The molecule has 7 nitrogen and oxygen atoms in total. The van der Waals surface area contributed by atoms with Gasteiger partial charge in [0.2, 0.25) is 0 Å². The quantitative estimate of drug-likeness (QED) is 0.517. The second kappa shape index (κ2) is 7.82. The van der Waals surface area contributed by atoms with E-state index in [0.29, 0.717) is 22.6 Å². The first-order chi connectivity index (χ1) is 13.3. The van der Waals surface area contributed by atoms with Gasteiger partial charge in [0.1, 0.15) is 28.6 Å². The summed E-state index contributed by atoms with van der Waals surface area (Å²) >= 11 is 6.02. The lowest BCUT2D eigenvalue weighted by atomic mass is 9.97. The van der Waals surface area contributed by atoms with E-state index in [1.165, 1.54) is 6.07 Å². The Hall–Kier alpha value is -3.19. The standard InChI is InChI=1S/C20H20ClN3O4/c1-10(2)22-20(27)19-17(11-4-6-12(28-3)7-5-11)18(23-24-19)13-8-14(21)16(26)9-15(13)25/h4-10,25-26H,1-3H3,(H,22,27)(H,23,24). The number of aromatic nitrogens is 2. The number of halogens is 1. The summed E-state index contributed by atoms with van der Waals surface area (Å²) in [7, 11) is 1.57. The topological polar surface area (TPSA) is 107 Å². The Labute approximate surface area is 166 Å². The van der Waals surface area contributed by atoms with Gasteiger partial charge in [-0.3, -0.25) is 9.89 Å². The van der Waals surface area contributed by atoms with Crippen molar-refractivity contribution in [1.82, 2.24) is 15.5 Å². The molecule has 0 spiro atoms. The molecule has 8 heteroatoms. The number of phenols is 2. The van der Waals surface area contributed by atoms with Crippen LogP contribution in [-0.2, 0) is 0 Å². The highest BCUT2D eigenvalue weighted by molar-refractivity contribution is 6.32. The van der Waals surface area contributed by atoms with Crippen LogP contribution in [0.25, 0.3) is 22.4 Å². The molecule has 0 aliphatic rings. The minimum atomic E-state index is -0.330. The first-order valence-electron chi connectivity index (χ1n) is 8.57. The number of nitrogens with zero attached hydrogens (tertiary/aromatic N) is 1. The molecule has 0 aliphatic carbocycles. The number of methoxy groups -OCH3 is 1. The van der Waals surface area contributed by atoms with Gasteiger partial charge in [-0.1, -0.05) is 23.7 Å². The molecule has 3 rings (SSSR count). The minimum absolute atomic E-state index is 0.0599. The summed E-state index contributed by atoms with van der Waals surface area (Å²) in [6.07, 6.45) is 0. The fourth-order valence-electron chi connectivity index (χ4n) is 2.81. The molecule has 1 amide bonds. The molecule has 0 unspecified atom stereocenters. The zero-order valence-electron chi connectivity index (χ0n) is 15.6. The van der Waals surface area contributed by atoms with E-state index in [4.69, 9.17) is 16.3 Å². The molecule has 146 valence electrons. The van der Waals surface area contributed by atoms with Crippen LogP contribution in [-0.4, -0.2) is 39.5 Å². The van der Waals surface area contributed by atoms with Crippen LogP contribution in [0.5, 0.6) is 17.2 Å². The number of phenolic OH excluding ortho intramolecular Hbond substituents is 2. The van der Waals surface area contributed by atoms with Crippen molar-refractivity contribution in [1.29, 1.82) is 0 Å². The highest BCUT2D eigenvalue weighted by Crippen LogP contribution is 2.41. The maximum absolute atomic E-state index is 12.7. The van der Waals surface area contributed by atoms with Gasteiger partial charge in [0.05, 0.1) is 12.1 Å². The maximum Gasteiger partial charge on any atom is 0.270 e. The molecule has 1 heterocycles. The normalized spacial score (nSPS) is 10.9. The summed E-state index contributed by atoms with van der Waals surface area (Å²) in [5.41, 5.74) is 2.06. The fraction of sp³-hybridized carbons (Fsp3) is 0.200. The lowest BCUT2D eigenvalue weighted by molar-refractivity contribution is 0.0938. The zero-order chi connectivity index (χ0) is 20.4. The molecular formula is C20H20ClN3O4. The fourth-order valence-corrected chi connectivity index (χ4v) is 2.98. The predicted molar refractivity (Wildman–Crippen MR) is 107 cm³/mol. The number of rotatable bonds is 5. The number of aromatic amines is 1. The van der Waals surface area contributed by atoms with Gasteiger partial charge in [-0.05, 0) is 37.6 Å². The number of aromatic hydroxyl groups is 2. The average Bonchev–Trinajstić information content (AvgIpc) is 3.09. The molecule has 0 radical (unpaired) electrons. The van der Waals surface area contributed by atoms with Crippen molar-refractivity contribution < 1.29 is 19.7 Å². The van der Waals surface area contributed by atoms with Crippen molar-refractivity contribution in [3.8, 4) is 39.6 Å². The predicted octanol–water partition coefficient (Wildman–Crippen LogP) is 3.96. The van der Waals surface area contributed by atoms with Crippen LogP contribution in [0.4, 0.5) is 0 Å². The summed E-state index contributed by atoms with van der Waals surface area (Å²) in [6.45, 7) is 3.71. The van der Waals surface area contributed by atoms with Crippen LogP contribution in [0, 0.1) is 0 Å². The van der Waals surface area contributed by atoms with E-state index in [1.54, 1.807) is 31.4 Å². The molecule has 0 aliphatic heterocycles. The highest BCUT2D eigenvalue weighted by atomic mass is 35.5. The van der Waals surface area contributed by atoms with Crippen LogP contribution < -0.4 is 10.1 Å². The molecule has 0 bridgehead atoms. The van der Waals surface area contributed by atoms with Gasteiger partial charge in [0.15, 0.2) is 0 Å². The van der Waals surface area contributed by atoms with E-state index in [2.05, 4.69) is 15.5 Å².